The number of nitrogens with zero attached hydrogens (tertiary/aromatic N) is 1. The predicted octanol–water partition coefficient (Wildman–Crippen LogP) is 4.07. The van der Waals surface area contributed by atoms with Gasteiger partial charge in [0.15, 0.2) is 5.58 Å². The van der Waals surface area contributed by atoms with Crippen LogP contribution in [-0.4, -0.2) is 23.1 Å². The first-order chi connectivity index (χ1) is 15.0. The number of amides is 1. The zero-order valence-corrected chi connectivity index (χ0v) is 16.8. The zero-order valence-electron chi connectivity index (χ0n) is 16.8. The number of ether oxygens (including phenoxy) is 1. The molecule has 156 valence electrons. The lowest BCUT2D eigenvalue weighted by Crippen LogP contribution is -2.15. The van der Waals surface area contributed by atoms with Gasteiger partial charge >= 0.3 is 11.7 Å². The Bertz CT molecular complexity index is 1290. The Labute approximate surface area is 177 Å². The summed E-state index contributed by atoms with van der Waals surface area (Å²) in [5.74, 6) is -1.24. The van der Waals surface area contributed by atoms with E-state index in [0.717, 1.165) is 5.56 Å². The largest absolute Gasteiger partial charge is 0.462 e. The average molecular weight is 416 g/mol. The number of fused-ring (bicyclic) bond motifs is 1. The van der Waals surface area contributed by atoms with Gasteiger partial charge in [0.1, 0.15) is 0 Å². The van der Waals surface area contributed by atoms with Gasteiger partial charge in [-0.2, -0.15) is 0 Å². The highest BCUT2D eigenvalue weighted by molar-refractivity contribution is 6.06. The smallest absolute Gasteiger partial charge is 0.420 e. The molecular formula is C24H20N2O5. The van der Waals surface area contributed by atoms with Crippen LogP contribution in [0.3, 0.4) is 0 Å². The average Bonchev–Trinajstić information content (AvgIpc) is 3.09. The quantitative estimate of drug-likeness (QED) is 0.479. The van der Waals surface area contributed by atoms with Gasteiger partial charge in [-0.25, -0.2) is 9.59 Å². The zero-order chi connectivity index (χ0) is 21.8. The minimum absolute atomic E-state index is 0.295. The molecule has 31 heavy (non-hydrogen) atoms. The van der Waals surface area contributed by atoms with E-state index in [1.807, 2.05) is 30.3 Å². The molecule has 0 radical (unpaired) electrons. The van der Waals surface area contributed by atoms with E-state index in [9.17, 15) is 14.4 Å². The van der Waals surface area contributed by atoms with Crippen molar-refractivity contribution in [3.8, 4) is 0 Å². The van der Waals surface area contributed by atoms with E-state index in [1.54, 1.807) is 49.4 Å². The molecule has 0 atom stereocenters. The van der Waals surface area contributed by atoms with E-state index in [2.05, 4.69) is 5.32 Å². The van der Waals surface area contributed by atoms with Crippen LogP contribution in [0.25, 0.3) is 11.1 Å². The van der Waals surface area contributed by atoms with E-state index >= 15 is 0 Å². The molecule has 0 spiro atoms. The normalized spacial score (nSPS) is 10.7. The van der Waals surface area contributed by atoms with Gasteiger partial charge in [0.05, 0.1) is 24.2 Å². The second-order valence-electron chi connectivity index (χ2n) is 6.87. The third kappa shape index (κ3) is 4.40. The molecule has 7 nitrogen and oxygen atoms in total. The Morgan fingerprint density at radius 3 is 2.39 bits per heavy atom. The van der Waals surface area contributed by atoms with Crippen molar-refractivity contribution in [2.75, 3.05) is 11.9 Å². The molecule has 7 heteroatoms. The van der Waals surface area contributed by atoms with Gasteiger partial charge in [-0.1, -0.05) is 30.3 Å². The summed E-state index contributed by atoms with van der Waals surface area (Å²) >= 11 is 0. The second kappa shape index (κ2) is 8.71. The predicted molar refractivity (Wildman–Crippen MR) is 116 cm³/mol. The third-order valence-electron chi connectivity index (χ3n) is 4.77. The first-order valence-electron chi connectivity index (χ1n) is 9.81. The summed E-state index contributed by atoms with van der Waals surface area (Å²) in [6.45, 7) is 2.37. The molecule has 4 aromatic rings. The second-order valence-corrected chi connectivity index (χ2v) is 6.87. The number of aromatic nitrogens is 1. The molecule has 0 bridgehead atoms. The highest BCUT2D eigenvalue weighted by atomic mass is 16.5. The molecular weight excluding hydrogens is 396 g/mol. The van der Waals surface area contributed by atoms with Crippen LogP contribution in [-0.2, 0) is 11.3 Å². The standard InChI is InChI=1S/C24H20N2O5/c1-2-30-23(28)17-8-11-19(12-9-17)25-22(27)18-10-13-21-20(14-18)26(24(29)31-21)15-16-6-4-3-5-7-16/h3-14H,2,15H2,1H3,(H,25,27). The molecule has 0 fully saturated rings. The van der Waals surface area contributed by atoms with Crippen LogP contribution in [0.2, 0.25) is 0 Å². The Balaban J connectivity index is 1.56. The first kappa shape index (κ1) is 20.2. The molecule has 0 aliphatic rings. The van der Waals surface area contributed by atoms with Gasteiger partial charge in [0.2, 0.25) is 0 Å². The maximum Gasteiger partial charge on any atom is 0.420 e. The van der Waals surface area contributed by atoms with Gasteiger partial charge in [0.25, 0.3) is 5.91 Å². The number of rotatable bonds is 6. The highest BCUT2D eigenvalue weighted by Crippen LogP contribution is 2.18. The van der Waals surface area contributed by atoms with Crippen LogP contribution in [0.4, 0.5) is 5.69 Å². The molecule has 1 aromatic heterocycles. The van der Waals surface area contributed by atoms with Crippen molar-refractivity contribution < 1.29 is 18.7 Å². The molecule has 0 aliphatic heterocycles. The summed E-state index contributed by atoms with van der Waals surface area (Å²) in [5.41, 5.74) is 3.22. The third-order valence-corrected chi connectivity index (χ3v) is 4.77. The van der Waals surface area contributed by atoms with Crippen molar-refractivity contribution in [1.29, 1.82) is 0 Å². The van der Waals surface area contributed by atoms with Crippen LogP contribution in [0, 0.1) is 0 Å². The van der Waals surface area contributed by atoms with Crippen LogP contribution in [0.5, 0.6) is 0 Å². The van der Waals surface area contributed by atoms with Crippen LogP contribution in [0.15, 0.2) is 82.0 Å². The molecule has 0 saturated heterocycles. The van der Waals surface area contributed by atoms with Gasteiger partial charge in [-0.05, 0) is 55.0 Å². The Hall–Kier alpha value is -4.13. The fourth-order valence-corrected chi connectivity index (χ4v) is 3.23. The van der Waals surface area contributed by atoms with Crippen molar-refractivity contribution in [2.24, 2.45) is 0 Å². The van der Waals surface area contributed by atoms with Crippen LogP contribution < -0.4 is 11.1 Å². The maximum atomic E-state index is 12.7. The lowest BCUT2D eigenvalue weighted by Gasteiger charge is -2.07. The lowest BCUT2D eigenvalue weighted by atomic mass is 10.1. The fraction of sp³-hybridized carbons (Fsp3) is 0.125. The summed E-state index contributed by atoms with van der Waals surface area (Å²) in [5, 5.41) is 2.79. The number of benzene rings is 3. The summed E-state index contributed by atoms with van der Waals surface area (Å²) in [4.78, 5) is 36.8. The number of carbonyl (C=O) groups is 2. The topological polar surface area (TPSA) is 90.5 Å². The maximum absolute atomic E-state index is 12.7. The number of hydrogen-bond donors (Lipinski definition) is 1. The minimum Gasteiger partial charge on any atom is -0.462 e. The van der Waals surface area contributed by atoms with Gasteiger partial charge < -0.3 is 14.5 Å². The van der Waals surface area contributed by atoms with Gasteiger partial charge in [-0.15, -0.1) is 0 Å². The van der Waals surface area contributed by atoms with E-state index in [1.165, 1.54) is 4.57 Å². The van der Waals surface area contributed by atoms with Crippen molar-refractivity contribution in [2.45, 2.75) is 13.5 Å². The van der Waals surface area contributed by atoms with E-state index < -0.39 is 11.7 Å². The summed E-state index contributed by atoms with van der Waals surface area (Å²) in [6, 6.07) is 20.8. The molecule has 0 aliphatic carbocycles. The van der Waals surface area contributed by atoms with Crippen molar-refractivity contribution in [3.63, 3.8) is 0 Å². The SMILES string of the molecule is CCOC(=O)c1ccc(NC(=O)c2ccc3oc(=O)n(Cc4ccccc4)c3c2)cc1. The summed E-state index contributed by atoms with van der Waals surface area (Å²) in [6.07, 6.45) is 0. The summed E-state index contributed by atoms with van der Waals surface area (Å²) in [7, 11) is 0. The molecule has 4 rings (SSSR count). The van der Waals surface area contributed by atoms with E-state index in [0.29, 0.717) is 41.1 Å². The molecule has 1 heterocycles. The van der Waals surface area contributed by atoms with E-state index in [4.69, 9.17) is 9.15 Å². The van der Waals surface area contributed by atoms with Crippen LogP contribution in [0.1, 0.15) is 33.2 Å². The highest BCUT2D eigenvalue weighted by Gasteiger charge is 2.14. The number of esters is 1. The number of oxazole rings is 1. The van der Waals surface area contributed by atoms with Crippen molar-refractivity contribution >= 4 is 28.7 Å². The van der Waals surface area contributed by atoms with Crippen molar-refractivity contribution in [1.82, 2.24) is 4.57 Å². The molecule has 0 saturated carbocycles. The molecule has 3 aromatic carbocycles. The van der Waals surface area contributed by atoms with Gasteiger partial charge in [0, 0.05) is 11.3 Å². The first-order valence-corrected chi connectivity index (χ1v) is 9.81. The number of nitrogens with one attached hydrogen (secondary N) is 1. The monoisotopic (exact) mass is 416 g/mol. The number of carbonyl (C=O) groups excluding carboxylic acids is 2. The number of hydrogen-bond acceptors (Lipinski definition) is 5. The Morgan fingerprint density at radius 1 is 0.968 bits per heavy atom. The minimum atomic E-state index is -0.481. The molecule has 1 N–H and O–H groups in total. The van der Waals surface area contributed by atoms with Crippen LogP contribution >= 0.6 is 0 Å². The van der Waals surface area contributed by atoms with Gasteiger partial charge in [-0.3, -0.25) is 9.36 Å². The Kier molecular flexibility index (Phi) is 5.66. The summed E-state index contributed by atoms with van der Waals surface area (Å²) < 4.78 is 11.8. The van der Waals surface area contributed by atoms with E-state index in [-0.39, 0.29) is 5.91 Å². The van der Waals surface area contributed by atoms with Crippen molar-refractivity contribution in [3.05, 3.63) is 100 Å². The fourth-order valence-electron chi connectivity index (χ4n) is 3.23. The molecule has 0 unspecified atom stereocenters. The Morgan fingerprint density at radius 2 is 1.68 bits per heavy atom. The number of anilines is 1. The lowest BCUT2D eigenvalue weighted by molar-refractivity contribution is 0.0526. The molecule has 1 amide bonds.